The Kier molecular flexibility index (Phi) is 6.44. The normalized spacial score (nSPS) is 15.8. The van der Waals surface area contributed by atoms with Crippen molar-refractivity contribution in [2.24, 2.45) is 5.92 Å². The summed E-state index contributed by atoms with van der Waals surface area (Å²) in [5.74, 6) is 0.685. The van der Waals surface area contributed by atoms with Crippen molar-refractivity contribution in [3.63, 3.8) is 0 Å². The van der Waals surface area contributed by atoms with E-state index in [9.17, 15) is 4.79 Å². The predicted molar refractivity (Wildman–Crippen MR) is 136 cm³/mol. The van der Waals surface area contributed by atoms with Crippen molar-refractivity contribution in [2.75, 3.05) is 26.2 Å². The molecule has 1 N–H and O–H groups in total. The maximum Gasteiger partial charge on any atom is 0.309 e. The highest BCUT2D eigenvalue weighted by Gasteiger charge is 2.32. The van der Waals surface area contributed by atoms with Gasteiger partial charge in [0.05, 0.1) is 5.92 Å². The Labute approximate surface area is 204 Å². The number of likely N-dealkylation sites (tertiary alicyclic amines) is 1. The Morgan fingerprint density at radius 3 is 2.82 bits per heavy atom. The van der Waals surface area contributed by atoms with Gasteiger partial charge < -0.3 is 14.6 Å². The van der Waals surface area contributed by atoms with Gasteiger partial charge in [0.15, 0.2) is 0 Å². The van der Waals surface area contributed by atoms with Gasteiger partial charge in [0.25, 0.3) is 0 Å². The lowest BCUT2D eigenvalue weighted by Gasteiger charge is -2.37. The lowest BCUT2D eigenvalue weighted by atomic mass is 9.98. The third kappa shape index (κ3) is 4.88. The molecule has 1 aromatic heterocycles. The molecule has 6 heteroatoms. The van der Waals surface area contributed by atoms with Gasteiger partial charge in [-0.1, -0.05) is 36.8 Å². The van der Waals surface area contributed by atoms with E-state index in [1.165, 1.54) is 32.0 Å². The number of hydrogen-bond donors (Lipinski definition) is 1. The fraction of sp³-hybridized carbons (Fsp3) is 0.321. The summed E-state index contributed by atoms with van der Waals surface area (Å²) in [6.07, 6.45) is 3.15. The topological polar surface area (TPSA) is 59.0 Å². The molecule has 3 heterocycles. The number of aryl methyl sites for hydroxylation is 2. The smallest absolute Gasteiger partial charge is 0.309 e. The lowest BCUT2D eigenvalue weighted by molar-refractivity contribution is -0.147. The van der Waals surface area contributed by atoms with Crippen molar-refractivity contribution in [3.8, 4) is 22.6 Å². The Morgan fingerprint density at radius 2 is 2.06 bits per heavy atom. The van der Waals surface area contributed by atoms with E-state index in [2.05, 4.69) is 55.2 Å². The molecule has 0 unspecified atom stereocenters. The number of thiophene rings is 1. The SMILES string of the molecule is CCc1sc(COc2ccc3c(c2)OCC(CN2CC(C(=O)O)C2)=C3)cc1-c1cccc(C)c1. The zero-order valence-electron chi connectivity index (χ0n) is 19.5. The highest BCUT2D eigenvalue weighted by molar-refractivity contribution is 7.12. The summed E-state index contributed by atoms with van der Waals surface area (Å²) in [6, 6.07) is 16.9. The second-order valence-electron chi connectivity index (χ2n) is 9.08. The molecule has 2 aromatic carbocycles. The zero-order chi connectivity index (χ0) is 23.7. The minimum Gasteiger partial charge on any atom is -0.488 e. The molecule has 176 valence electrons. The van der Waals surface area contributed by atoms with Crippen LogP contribution in [-0.2, 0) is 17.8 Å². The van der Waals surface area contributed by atoms with Crippen LogP contribution in [0.15, 0.2) is 54.1 Å². The molecule has 0 amide bonds. The first-order valence-electron chi connectivity index (χ1n) is 11.7. The predicted octanol–water partition coefficient (Wildman–Crippen LogP) is 5.66. The van der Waals surface area contributed by atoms with Gasteiger partial charge in [-0.15, -0.1) is 11.3 Å². The number of fused-ring (bicyclic) bond motifs is 1. The van der Waals surface area contributed by atoms with E-state index in [1.807, 2.05) is 29.5 Å². The second-order valence-corrected chi connectivity index (χ2v) is 10.3. The minimum absolute atomic E-state index is 0.234. The van der Waals surface area contributed by atoms with Crippen molar-refractivity contribution in [1.82, 2.24) is 4.90 Å². The van der Waals surface area contributed by atoms with Crippen molar-refractivity contribution >= 4 is 23.4 Å². The molecule has 0 radical (unpaired) electrons. The molecule has 3 aromatic rings. The van der Waals surface area contributed by atoms with Crippen LogP contribution in [0.5, 0.6) is 11.5 Å². The molecule has 1 fully saturated rings. The van der Waals surface area contributed by atoms with Crippen molar-refractivity contribution < 1.29 is 19.4 Å². The van der Waals surface area contributed by atoms with Gasteiger partial charge >= 0.3 is 5.97 Å². The van der Waals surface area contributed by atoms with Crippen molar-refractivity contribution in [1.29, 1.82) is 0 Å². The maximum absolute atomic E-state index is 11.0. The molecule has 2 aliphatic rings. The third-order valence-electron chi connectivity index (χ3n) is 6.38. The average Bonchev–Trinajstić information content (AvgIpc) is 3.23. The van der Waals surface area contributed by atoms with Gasteiger partial charge in [0, 0.05) is 41.0 Å². The van der Waals surface area contributed by atoms with Crippen LogP contribution in [0.4, 0.5) is 0 Å². The van der Waals surface area contributed by atoms with Gasteiger partial charge in [-0.3, -0.25) is 9.69 Å². The van der Waals surface area contributed by atoms with Crippen molar-refractivity contribution in [2.45, 2.75) is 26.9 Å². The summed E-state index contributed by atoms with van der Waals surface area (Å²) in [6.45, 7) is 7.36. The number of carbonyl (C=O) groups is 1. The molecule has 0 atom stereocenters. The minimum atomic E-state index is -0.706. The maximum atomic E-state index is 11.0. The van der Waals surface area contributed by atoms with E-state index >= 15 is 0 Å². The molecular formula is C28H29NO4S. The quantitative estimate of drug-likeness (QED) is 0.456. The van der Waals surface area contributed by atoms with Crippen molar-refractivity contribution in [3.05, 3.63) is 75.0 Å². The fourth-order valence-corrected chi connectivity index (χ4v) is 5.59. The molecule has 0 aliphatic carbocycles. The molecule has 5 rings (SSSR count). The number of benzene rings is 2. The largest absolute Gasteiger partial charge is 0.488 e. The van der Waals surface area contributed by atoms with Crippen LogP contribution in [0.25, 0.3) is 17.2 Å². The molecule has 1 saturated heterocycles. The Morgan fingerprint density at radius 1 is 1.21 bits per heavy atom. The number of carboxylic acid groups (broad SMARTS) is 1. The molecule has 0 spiro atoms. The molecule has 5 nitrogen and oxygen atoms in total. The standard InChI is InChI=1S/C28H29NO4S/c1-3-27-25(20-6-4-5-18(2)9-20)12-24(34-27)17-32-23-8-7-21-10-19(16-33-26(21)11-23)13-29-14-22(15-29)28(30)31/h4-12,22H,3,13-17H2,1-2H3,(H,30,31). The Hall–Kier alpha value is -3.09. The van der Waals surface area contributed by atoms with Crippen LogP contribution in [0.1, 0.15) is 27.8 Å². The third-order valence-corrected chi connectivity index (χ3v) is 7.64. The first-order valence-corrected chi connectivity index (χ1v) is 12.5. The molecule has 0 saturated carbocycles. The summed E-state index contributed by atoms with van der Waals surface area (Å²) >= 11 is 1.82. The number of rotatable bonds is 8. The van der Waals surface area contributed by atoms with Gasteiger partial charge in [0.2, 0.25) is 0 Å². The van der Waals surface area contributed by atoms with E-state index in [0.29, 0.717) is 26.3 Å². The second kappa shape index (κ2) is 9.65. The number of aliphatic carboxylic acids is 1. The molecule has 2 aliphatic heterocycles. The molecular weight excluding hydrogens is 446 g/mol. The summed E-state index contributed by atoms with van der Waals surface area (Å²) in [5, 5.41) is 9.04. The van der Waals surface area contributed by atoms with Crippen LogP contribution < -0.4 is 9.47 Å². The van der Waals surface area contributed by atoms with Crippen LogP contribution in [-0.4, -0.2) is 42.2 Å². The van der Waals surface area contributed by atoms with Gasteiger partial charge in [-0.25, -0.2) is 0 Å². The van der Waals surface area contributed by atoms with Gasteiger partial charge in [-0.2, -0.15) is 0 Å². The van der Waals surface area contributed by atoms with E-state index in [1.54, 1.807) is 0 Å². The van der Waals surface area contributed by atoms with Gasteiger partial charge in [0.1, 0.15) is 24.7 Å². The van der Waals surface area contributed by atoms with E-state index in [0.717, 1.165) is 30.0 Å². The monoisotopic (exact) mass is 475 g/mol. The van der Waals surface area contributed by atoms with Crippen LogP contribution in [0.3, 0.4) is 0 Å². The fourth-order valence-electron chi connectivity index (χ4n) is 4.54. The van der Waals surface area contributed by atoms with Crippen LogP contribution >= 0.6 is 11.3 Å². The summed E-state index contributed by atoms with van der Waals surface area (Å²) in [7, 11) is 0. The number of ether oxygens (including phenoxy) is 2. The molecule has 0 bridgehead atoms. The van der Waals surface area contributed by atoms with Crippen LogP contribution in [0, 0.1) is 12.8 Å². The van der Waals surface area contributed by atoms with Crippen LogP contribution in [0.2, 0.25) is 0 Å². The number of nitrogens with zero attached hydrogens (tertiary/aromatic N) is 1. The summed E-state index contributed by atoms with van der Waals surface area (Å²) in [4.78, 5) is 15.7. The highest BCUT2D eigenvalue weighted by atomic mass is 32.1. The number of hydrogen-bond acceptors (Lipinski definition) is 5. The van der Waals surface area contributed by atoms with E-state index in [-0.39, 0.29) is 5.92 Å². The summed E-state index contributed by atoms with van der Waals surface area (Å²) < 4.78 is 12.1. The van der Waals surface area contributed by atoms with E-state index in [4.69, 9.17) is 14.6 Å². The van der Waals surface area contributed by atoms with Gasteiger partial charge in [-0.05, 0) is 54.3 Å². The highest BCUT2D eigenvalue weighted by Crippen LogP contribution is 2.35. The molecule has 34 heavy (non-hydrogen) atoms. The first-order chi connectivity index (χ1) is 16.5. The van der Waals surface area contributed by atoms with E-state index < -0.39 is 5.97 Å². The Balaban J connectivity index is 1.22. The zero-order valence-corrected chi connectivity index (χ0v) is 20.4. The first kappa shape index (κ1) is 22.7. The number of carboxylic acids is 1. The summed E-state index contributed by atoms with van der Waals surface area (Å²) in [5.41, 5.74) is 6.04. The average molecular weight is 476 g/mol. The lowest BCUT2D eigenvalue weighted by Crippen LogP contribution is -2.51. The Bertz CT molecular complexity index is 1240.